The number of fused-ring (bicyclic) bond motifs is 12. The molecule has 0 amide bonds. The smallest absolute Gasteiger partial charge is 0.235 e. The minimum absolute atomic E-state index is 0.747. The normalized spacial score (nSPS) is 12.9. The minimum Gasteiger partial charge on any atom is -0.455 e. The van der Waals surface area contributed by atoms with E-state index < -0.39 is 0 Å². The number of rotatable bonds is 3. The molecule has 1 aromatic heterocycles. The lowest BCUT2D eigenvalue weighted by atomic mass is 9.78. The largest absolute Gasteiger partial charge is 0.455 e. The number of hydrogen-bond acceptors (Lipinski definition) is 2. The quantitative estimate of drug-likeness (QED) is 0.173. The number of hydrogen-bond donors (Lipinski definition) is 0. The van der Waals surface area contributed by atoms with Crippen LogP contribution < -0.4 is 9.48 Å². The van der Waals surface area contributed by atoms with Crippen molar-refractivity contribution in [3.8, 4) is 55.6 Å². The predicted octanol–water partition coefficient (Wildman–Crippen LogP) is 13.3. The molecule has 0 fully saturated rings. The molecule has 0 radical (unpaired) electrons. The second-order valence-electron chi connectivity index (χ2n) is 13.8. The SMILES string of the molecule is C1=[N+](c2ccccc2)c2cc3c(cc2N(c2ccccc2)C1)-c1ccccc1-c1c(cccc1-c1cccc2c1oc1ccccc12)-c1ccccc1-3. The van der Waals surface area contributed by atoms with Crippen molar-refractivity contribution in [2.45, 2.75) is 0 Å². The van der Waals surface area contributed by atoms with Gasteiger partial charge in [0.05, 0.1) is 0 Å². The summed E-state index contributed by atoms with van der Waals surface area (Å²) in [5.74, 6) is 0. The van der Waals surface area contributed by atoms with Gasteiger partial charge in [0, 0.05) is 40.2 Å². The molecule has 248 valence electrons. The molecule has 2 aliphatic rings. The van der Waals surface area contributed by atoms with E-state index in [1.807, 2.05) is 6.07 Å². The summed E-state index contributed by atoms with van der Waals surface area (Å²) in [4.78, 5) is 2.43. The molecular formula is C50H33N2O+. The Kier molecular flexibility index (Phi) is 6.62. The van der Waals surface area contributed by atoms with Crippen molar-refractivity contribution in [1.29, 1.82) is 0 Å². The van der Waals surface area contributed by atoms with Crippen LogP contribution in [0.2, 0.25) is 0 Å². The van der Waals surface area contributed by atoms with Crippen LogP contribution in [0.3, 0.4) is 0 Å². The molecule has 0 unspecified atom stereocenters. The van der Waals surface area contributed by atoms with E-state index in [1.54, 1.807) is 0 Å². The molecule has 3 nitrogen and oxygen atoms in total. The Labute approximate surface area is 308 Å². The summed E-state index contributed by atoms with van der Waals surface area (Å²) in [5.41, 5.74) is 18.4. The Morgan fingerprint density at radius 3 is 1.77 bits per heavy atom. The first-order chi connectivity index (χ1) is 26.3. The monoisotopic (exact) mass is 677 g/mol. The second-order valence-corrected chi connectivity index (χ2v) is 13.8. The first-order valence-corrected chi connectivity index (χ1v) is 18.2. The van der Waals surface area contributed by atoms with Gasteiger partial charge in [-0.2, -0.15) is 4.58 Å². The highest BCUT2D eigenvalue weighted by Gasteiger charge is 2.33. The molecule has 11 rings (SSSR count). The van der Waals surface area contributed by atoms with Crippen molar-refractivity contribution in [1.82, 2.24) is 4.58 Å². The molecule has 53 heavy (non-hydrogen) atoms. The lowest BCUT2D eigenvalue weighted by molar-refractivity contribution is 0.670. The van der Waals surface area contributed by atoms with Gasteiger partial charge in [-0.05, 0) is 74.3 Å². The molecule has 0 atom stereocenters. The molecule has 0 saturated heterocycles. The number of furan rings is 1. The Hall–Kier alpha value is -6.97. The van der Waals surface area contributed by atoms with Crippen LogP contribution in [0.4, 0.5) is 22.7 Å². The van der Waals surface area contributed by atoms with Crippen molar-refractivity contribution >= 4 is 50.9 Å². The molecule has 1 aliphatic carbocycles. The van der Waals surface area contributed by atoms with Crippen LogP contribution in [0.5, 0.6) is 0 Å². The number of benzene rings is 8. The summed E-state index contributed by atoms with van der Waals surface area (Å²) < 4.78 is 9.01. The van der Waals surface area contributed by atoms with E-state index in [1.165, 1.54) is 55.9 Å². The van der Waals surface area contributed by atoms with Crippen molar-refractivity contribution in [3.05, 3.63) is 182 Å². The van der Waals surface area contributed by atoms with E-state index in [9.17, 15) is 0 Å². The summed E-state index contributed by atoms with van der Waals surface area (Å²) >= 11 is 0. The molecule has 0 spiro atoms. The Morgan fingerprint density at radius 1 is 0.434 bits per heavy atom. The zero-order valence-electron chi connectivity index (χ0n) is 28.9. The van der Waals surface area contributed by atoms with E-state index in [-0.39, 0.29) is 0 Å². The summed E-state index contributed by atoms with van der Waals surface area (Å²) in [5, 5.41) is 2.27. The van der Waals surface area contributed by atoms with Gasteiger partial charge in [0.1, 0.15) is 23.4 Å². The van der Waals surface area contributed by atoms with Crippen LogP contribution >= 0.6 is 0 Å². The first kappa shape index (κ1) is 29.7. The topological polar surface area (TPSA) is 19.4 Å². The molecule has 3 heteroatoms. The maximum atomic E-state index is 6.65. The summed E-state index contributed by atoms with van der Waals surface area (Å²) in [7, 11) is 0. The van der Waals surface area contributed by atoms with Crippen LogP contribution in [-0.4, -0.2) is 12.8 Å². The number of para-hydroxylation sites is 4. The summed E-state index contributed by atoms with van der Waals surface area (Å²) in [6.07, 6.45) is 2.31. The van der Waals surface area contributed by atoms with Crippen molar-refractivity contribution in [2.24, 2.45) is 0 Å². The molecule has 8 aromatic carbocycles. The molecule has 1 aliphatic heterocycles. The van der Waals surface area contributed by atoms with Gasteiger partial charge in [-0.25, -0.2) is 0 Å². The molecule has 0 N–H and O–H groups in total. The zero-order chi connectivity index (χ0) is 34.9. The fourth-order valence-electron chi connectivity index (χ4n) is 8.62. The van der Waals surface area contributed by atoms with Gasteiger partial charge in [-0.3, -0.25) is 0 Å². The van der Waals surface area contributed by atoms with Gasteiger partial charge < -0.3 is 9.32 Å². The first-order valence-electron chi connectivity index (χ1n) is 18.2. The van der Waals surface area contributed by atoms with E-state index >= 15 is 0 Å². The van der Waals surface area contributed by atoms with Crippen LogP contribution in [0.15, 0.2) is 186 Å². The fraction of sp³-hybridized carbons (Fsp3) is 0.0200. The zero-order valence-corrected chi connectivity index (χ0v) is 28.9. The van der Waals surface area contributed by atoms with E-state index in [4.69, 9.17) is 4.42 Å². The van der Waals surface area contributed by atoms with Gasteiger partial charge >= 0.3 is 0 Å². The molecular weight excluding hydrogens is 645 g/mol. The molecule has 2 heterocycles. The molecule has 9 aromatic rings. The average Bonchev–Trinajstić information content (AvgIpc) is 3.62. The van der Waals surface area contributed by atoms with E-state index in [0.29, 0.717) is 0 Å². The van der Waals surface area contributed by atoms with Gasteiger partial charge in [-0.15, -0.1) is 0 Å². The number of anilines is 2. The summed E-state index contributed by atoms with van der Waals surface area (Å²) in [6.45, 7) is 0.747. The van der Waals surface area contributed by atoms with Gasteiger partial charge in [0.15, 0.2) is 6.21 Å². The molecule has 0 saturated carbocycles. The Balaban J connectivity index is 1.23. The van der Waals surface area contributed by atoms with E-state index in [2.05, 4.69) is 192 Å². The van der Waals surface area contributed by atoms with Crippen molar-refractivity contribution in [3.63, 3.8) is 0 Å². The predicted molar refractivity (Wildman–Crippen MR) is 222 cm³/mol. The lowest BCUT2D eigenvalue weighted by Gasteiger charge is -2.30. The lowest BCUT2D eigenvalue weighted by Crippen LogP contribution is -2.29. The Morgan fingerprint density at radius 2 is 0.981 bits per heavy atom. The third-order valence-corrected chi connectivity index (χ3v) is 11.0. The number of nitrogens with zero attached hydrogens (tertiary/aromatic N) is 2. The molecule has 0 bridgehead atoms. The maximum Gasteiger partial charge on any atom is 0.235 e. The highest BCUT2D eigenvalue weighted by Crippen LogP contribution is 2.54. The standard InChI is InChI=1S/C50H33N2O/c1-3-15-33(16-4-1)51-29-30-52(34-17-5-2-6-18-34)47-32-45-37-21-9-10-23-39(37)49-40(35-19-7-8-20-36(35)44(45)31-46(47)51)24-13-25-41(49)43-27-14-26-42-38-22-11-12-28-48(38)53-50(42)43/h1-29,31-32H,30H2/q+1. The highest BCUT2D eigenvalue weighted by atomic mass is 16.3. The van der Waals surface area contributed by atoms with Crippen molar-refractivity contribution < 1.29 is 4.42 Å². The minimum atomic E-state index is 0.747. The fourth-order valence-corrected chi connectivity index (χ4v) is 8.62. The maximum absolute atomic E-state index is 6.65. The average molecular weight is 678 g/mol. The summed E-state index contributed by atoms with van der Waals surface area (Å²) in [6, 6.07) is 65.8. The highest BCUT2D eigenvalue weighted by molar-refractivity contribution is 6.14. The van der Waals surface area contributed by atoms with Crippen LogP contribution in [0, 0.1) is 0 Å². The second kappa shape index (κ2) is 11.8. The van der Waals surface area contributed by atoms with Gasteiger partial charge in [-0.1, -0.05) is 140 Å². The van der Waals surface area contributed by atoms with Gasteiger partial charge in [0.25, 0.3) is 0 Å². The van der Waals surface area contributed by atoms with Gasteiger partial charge in [0.2, 0.25) is 11.4 Å². The third kappa shape index (κ3) is 4.57. The van der Waals surface area contributed by atoms with Crippen molar-refractivity contribution in [2.75, 3.05) is 11.4 Å². The third-order valence-electron chi connectivity index (χ3n) is 11.0. The van der Waals surface area contributed by atoms with Crippen LogP contribution in [0.1, 0.15) is 0 Å². The van der Waals surface area contributed by atoms with Crippen LogP contribution in [0.25, 0.3) is 77.6 Å². The van der Waals surface area contributed by atoms with Crippen LogP contribution in [-0.2, 0) is 0 Å². The Bertz CT molecular complexity index is 2920. The van der Waals surface area contributed by atoms with E-state index in [0.717, 1.165) is 51.0 Å².